The van der Waals surface area contributed by atoms with Crippen LogP contribution >= 0.6 is 0 Å². The van der Waals surface area contributed by atoms with Crippen LogP contribution in [0.4, 0.5) is 5.69 Å². The van der Waals surface area contributed by atoms with E-state index >= 15 is 0 Å². The highest BCUT2D eigenvalue weighted by Gasteiger charge is 2.14. The van der Waals surface area contributed by atoms with Crippen LogP contribution in [-0.4, -0.2) is 30.4 Å². The average molecular weight is 321 g/mol. The van der Waals surface area contributed by atoms with Crippen molar-refractivity contribution in [2.24, 2.45) is 7.05 Å². The summed E-state index contributed by atoms with van der Waals surface area (Å²) in [6.07, 6.45) is 1.34. The number of carbonyl (C=O) groups is 1. The van der Waals surface area contributed by atoms with Gasteiger partial charge in [-0.15, -0.1) is 0 Å². The zero-order valence-electron chi connectivity index (χ0n) is 13.0. The molecule has 0 spiro atoms. The maximum Gasteiger partial charge on any atom is 0.228 e. The molecule has 118 valence electrons. The highest BCUT2D eigenvalue weighted by Crippen LogP contribution is 2.17. The lowest BCUT2D eigenvalue weighted by atomic mass is 10.1. The monoisotopic (exact) mass is 321 g/mol. The van der Waals surface area contributed by atoms with E-state index in [1.54, 1.807) is 16.8 Å². The van der Waals surface area contributed by atoms with Crippen molar-refractivity contribution < 1.29 is 13.2 Å². The Kier molecular flexibility index (Phi) is 4.37. The van der Waals surface area contributed by atoms with Gasteiger partial charge in [-0.1, -0.05) is 6.07 Å². The van der Waals surface area contributed by atoms with Gasteiger partial charge in [-0.05, 0) is 32.0 Å². The van der Waals surface area contributed by atoms with E-state index in [9.17, 15) is 13.2 Å². The van der Waals surface area contributed by atoms with Crippen molar-refractivity contribution >= 4 is 21.4 Å². The molecule has 2 rings (SSSR count). The molecule has 7 heteroatoms. The molecule has 0 radical (unpaired) electrons. The van der Waals surface area contributed by atoms with Crippen molar-refractivity contribution in [3.05, 3.63) is 41.2 Å². The van der Waals surface area contributed by atoms with Crippen molar-refractivity contribution in [1.29, 1.82) is 0 Å². The second-order valence-electron chi connectivity index (χ2n) is 5.30. The van der Waals surface area contributed by atoms with Crippen LogP contribution < -0.4 is 5.32 Å². The van der Waals surface area contributed by atoms with Gasteiger partial charge in [0.1, 0.15) is 0 Å². The topological polar surface area (TPSA) is 81.1 Å². The minimum absolute atomic E-state index is 0.180. The number of hydrogen-bond donors (Lipinski definition) is 1. The van der Waals surface area contributed by atoms with E-state index in [4.69, 9.17) is 0 Å². The predicted molar refractivity (Wildman–Crippen MR) is 84.6 cm³/mol. The number of hydrogen-bond acceptors (Lipinski definition) is 4. The van der Waals surface area contributed by atoms with Crippen molar-refractivity contribution in [2.45, 2.75) is 25.2 Å². The van der Waals surface area contributed by atoms with Gasteiger partial charge in [0.15, 0.2) is 9.84 Å². The van der Waals surface area contributed by atoms with Crippen LogP contribution in [-0.2, 0) is 28.1 Å². The maximum atomic E-state index is 12.2. The smallest absolute Gasteiger partial charge is 0.228 e. The summed E-state index contributed by atoms with van der Waals surface area (Å²) in [5.74, 6) is -0.204. The van der Waals surface area contributed by atoms with E-state index in [0.717, 1.165) is 23.2 Å². The molecule has 0 saturated carbocycles. The molecule has 1 aromatic carbocycles. The number of nitrogens with zero attached hydrogens (tertiary/aromatic N) is 2. The van der Waals surface area contributed by atoms with E-state index in [2.05, 4.69) is 10.4 Å². The summed E-state index contributed by atoms with van der Waals surface area (Å²) in [6.45, 7) is 3.77. The van der Waals surface area contributed by atoms with Crippen LogP contribution in [0.3, 0.4) is 0 Å². The summed E-state index contributed by atoms with van der Waals surface area (Å²) in [5.41, 5.74) is 3.11. The van der Waals surface area contributed by atoms with Gasteiger partial charge in [-0.25, -0.2) is 8.42 Å². The number of anilines is 1. The van der Waals surface area contributed by atoms with Crippen LogP contribution in [0.5, 0.6) is 0 Å². The third-order valence-corrected chi connectivity index (χ3v) is 4.65. The van der Waals surface area contributed by atoms with E-state index in [0.29, 0.717) is 5.69 Å². The second-order valence-corrected chi connectivity index (χ2v) is 7.31. The first-order valence-corrected chi connectivity index (χ1v) is 8.66. The molecule has 22 heavy (non-hydrogen) atoms. The van der Waals surface area contributed by atoms with Crippen molar-refractivity contribution in [1.82, 2.24) is 9.78 Å². The van der Waals surface area contributed by atoms with Gasteiger partial charge >= 0.3 is 0 Å². The number of aromatic nitrogens is 2. The Morgan fingerprint density at radius 3 is 2.55 bits per heavy atom. The Labute approximate surface area is 130 Å². The second kappa shape index (κ2) is 5.92. The fourth-order valence-corrected chi connectivity index (χ4v) is 2.91. The third-order valence-electron chi connectivity index (χ3n) is 3.54. The molecule has 0 atom stereocenters. The predicted octanol–water partition coefficient (Wildman–Crippen LogP) is 1.62. The van der Waals surface area contributed by atoms with Crippen LogP contribution in [0.1, 0.15) is 17.0 Å². The van der Waals surface area contributed by atoms with E-state index in [1.807, 2.05) is 20.9 Å². The summed E-state index contributed by atoms with van der Waals surface area (Å²) < 4.78 is 24.8. The van der Waals surface area contributed by atoms with E-state index in [-0.39, 0.29) is 17.2 Å². The first kappa shape index (κ1) is 16.2. The first-order chi connectivity index (χ1) is 10.2. The number of sulfone groups is 1. The quantitative estimate of drug-likeness (QED) is 0.928. The molecule has 0 saturated heterocycles. The standard InChI is InChI=1S/C15H19N3O3S/c1-10-14(11(2)18(3)17-10)9-15(19)16-12-6-5-7-13(8-12)22(4,20)21/h5-8H,9H2,1-4H3,(H,16,19). The lowest BCUT2D eigenvalue weighted by Gasteiger charge is -2.07. The van der Waals surface area contributed by atoms with E-state index in [1.165, 1.54) is 12.1 Å². The van der Waals surface area contributed by atoms with E-state index < -0.39 is 9.84 Å². The Morgan fingerprint density at radius 1 is 1.32 bits per heavy atom. The van der Waals surface area contributed by atoms with Gasteiger partial charge in [0, 0.05) is 30.2 Å². The third kappa shape index (κ3) is 3.54. The molecule has 0 aliphatic carbocycles. The lowest BCUT2D eigenvalue weighted by Crippen LogP contribution is -2.15. The summed E-state index contributed by atoms with van der Waals surface area (Å²) in [5, 5.41) is 7.00. The summed E-state index contributed by atoms with van der Waals surface area (Å²) >= 11 is 0. The van der Waals surface area contributed by atoms with Crippen LogP contribution in [0.2, 0.25) is 0 Å². The minimum Gasteiger partial charge on any atom is -0.326 e. The molecule has 1 aromatic heterocycles. The van der Waals surface area contributed by atoms with Gasteiger partial charge in [-0.2, -0.15) is 5.10 Å². The normalized spacial score (nSPS) is 11.5. The highest BCUT2D eigenvalue weighted by atomic mass is 32.2. The fourth-order valence-electron chi connectivity index (χ4n) is 2.24. The molecule has 0 bridgehead atoms. The SMILES string of the molecule is Cc1nn(C)c(C)c1CC(=O)Nc1cccc(S(C)(=O)=O)c1. The number of rotatable bonds is 4. The van der Waals surface area contributed by atoms with Crippen molar-refractivity contribution in [3.63, 3.8) is 0 Å². The Morgan fingerprint density at radius 2 is 2.00 bits per heavy atom. The van der Waals surface area contributed by atoms with Gasteiger partial charge < -0.3 is 5.32 Å². The largest absolute Gasteiger partial charge is 0.326 e. The van der Waals surface area contributed by atoms with Crippen LogP contribution in [0.15, 0.2) is 29.2 Å². The molecule has 1 amide bonds. The number of benzene rings is 1. The van der Waals surface area contributed by atoms with Crippen molar-refractivity contribution in [2.75, 3.05) is 11.6 Å². The summed E-state index contributed by atoms with van der Waals surface area (Å²) in [6, 6.07) is 6.22. The molecule has 0 fully saturated rings. The summed E-state index contributed by atoms with van der Waals surface area (Å²) in [7, 11) is -1.46. The number of aryl methyl sites for hydroxylation is 2. The molecular weight excluding hydrogens is 302 g/mol. The molecular formula is C15H19N3O3S. The van der Waals surface area contributed by atoms with Crippen molar-refractivity contribution in [3.8, 4) is 0 Å². The number of nitrogens with one attached hydrogen (secondary N) is 1. The van der Waals surface area contributed by atoms with Gasteiger partial charge in [-0.3, -0.25) is 9.48 Å². The molecule has 6 nitrogen and oxygen atoms in total. The zero-order valence-corrected chi connectivity index (χ0v) is 13.9. The average Bonchev–Trinajstić information content (AvgIpc) is 2.65. The molecule has 1 heterocycles. The van der Waals surface area contributed by atoms with Crippen LogP contribution in [0.25, 0.3) is 0 Å². The molecule has 0 aliphatic rings. The lowest BCUT2D eigenvalue weighted by molar-refractivity contribution is -0.115. The van der Waals surface area contributed by atoms with Crippen LogP contribution in [0, 0.1) is 13.8 Å². The van der Waals surface area contributed by atoms with Gasteiger partial charge in [0.2, 0.25) is 5.91 Å². The Hall–Kier alpha value is -2.15. The maximum absolute atomic E-state index is 12.2. The fraction of sp³-hybridized carbons (Fsp3) is 0.333. The molecule has 0 aliphatic heterocycles. The Bertz CT molecular complexity index is 823. The Balaban J connectivity index is 2.16. The first-order valence-electron chi connectivity index (χ1n) is 6.77. The highest BCUT2D eigenvalue weighted by molar-refractivity contribution is 7.90. The number of amides is 1. The minimum atomic E-state index is -3.29. The van der Waals surface area contributed by atoms with Gasteiger partial charge in [0.25, 0.3) is 0 Å². The molecule has 2 aromatic rings. The zero-order chi connectivity index (χ0) is 16.5. The summed E-state index contributed by atoms with van der Waals surface area (Å²) in [4.78, 5) is 12.3. The molecule has 1 N–H and O–H groups in total. The van der Waals surface area contributed by atoms with Gasteiger partial charge in [0.05, 0.1) is 17.0 Å². The molecule has 0 unspecified atom stereocenters. The number of carbonyl (C=O) groups excluding carboxylic acids is 1.